The van der Waals surface area contributed by atoms with Gasteiger partial charge in [0.05, 0.1) is 6.61 Å². The second-order valence-electron chi connectivity index (χ2n) is 6.58. The van der Waals surface area contributed by atoms with Crippen molar-refractivity contribution in [2.45, 2.75) is 58.4 Å². The van der Waals surface area contributed by atoms with Gasteiger partial charge in [-0.05, 0) is 56.9 Å². The van der Waals surface area contributed by atoms with Crippen molar-refractivity contribution in [3.8, 4) is 0 Å². The quantitative estimate of drug-likeness (QED) is 0.837. The Kier molecular flexibility index (Phi) is 4.42. The highest BCUT2D eigenvalue weighted by Gasteiger charge is 2.35. The topological polar surface area (TPSA) is 75.8 Å². The fourth-order valence-electron chi connectivity index (χ4n) is 2.22. The van der Waals surface area contributed by atoms with Crippen LogP contribution in [0.1, 0.15) is 44.7 Å². The van der Waals surface area contributed by atoms with Crippen molar-refractivity contribution < 1.29 is 14.6 Å². The monoisotopic (exact) mass is 292 g/mol. The van der Waals surface area contributed by atoms with E-state index in [-0.39, 0.29) is 18.7 Å². The first-order chi connectivity index (χ1) is 9.78. The second kappa shape index (κ2) is 5.93. The molecule has 1 aliphatic carbocycles. The van der Waals surface area contributed by atoms with E-state index in [1.807, 2.05) is 32.9 Å². The molecule has 0 aliphatic heterocycles. The number of anilines is 1. The number of benzene rings is 1. The third-order valence-electron chi connectivity index (χ3n) is 3.23. The zero-order chi connectivity index (χ0) is 15.6. The van der Waals surface area contributed by atoms with Crippen molar-refractivity contribution >= 4 is 11.8 Å². The number of amides is 1. The minimum Gasteiger partial charge on any atom is -0.444 e. The van der Waals surface area contributed by atoms with E-state index in [1.54, 1.807) is 11.0 Å². The summed E-state index contributed by atoms with van der Waals surface area (Å²) in [6, 6.07) is 5.69. The first-order valence-corrected chi connectivity index (χ1v) is 7.27. The summed E-state index contributed by atoms with van der Waals surface area (Å²) < 4.78 is 5.47. The third kappa shape index (κ3) is 4.63. The van der Waals surface area contributed by atoms with Gasteiger partial charge in [0.25, 0.3) is 0 Å². The maximum Gasteiger partial charge on any atom is 0.410 e. The third-order valence-corrected chi connectivity index (χ3v) is 3.23. The number of nitrogen functional groups attached to an aromatic ring is 1. The molecule has 0 unspecified atom stereocenters. The summed E-state index contributed by atoms with van der Waals surface area (Å²) in [6.07, 6.45) is 1.72. The number of hydrogen-bond donors (Lipinski definition) is 2. The normalized spacial score (nSPS) is 14.9. The first kappa shape index (κ1) is 15.6. The molecule has 2 rings (SSSR count). The predicted octanol–water partition coefficient (Wildman–Crippen LogP) is 2.66. The number of nitrogens with zero attached hydrogens (tertiary/aromatic N) is 1. The molecule has 0 heterocycles. The van der Waals surface area contributed by atoms with Gasteiger partial charge in [-0.1, -0.05) is 6.07 Å². The summed E-state index contributed by atoms with van der Waals surface area (Å²) in [5.41, 5.74) is 7.59. The van der Waals surface area contributed by atoms with Gasteiger partial charge in [-0.3, -0.25) is 0 Å². The largest absolute Gasteiger partial charge is 0.444 e. The van der Waals surface area contributed by atoms with Crippen LogP contribution in [0.2, 0.25) is 0 Å². The Labute approximate surface area is 125 Å². The van der Waals surface area contributed by atoms with Gasteiger partial charge in [-0.25, -0.2) is 4.79 Å². The molecule has 0 spiro atoms. The van der Waals surface area contributed by atoms with Crippen molar-refractivity contribution in [1.29, 1.82) is 0 Å². The summed E-state index contributed by atoms with van der Waals surface area (Å²) in [7, 11) is 0. The number of carbonyl (C=O) groups is 1. The van der Waals surface area contributed by atoms with Crippen LogP contribution >= 0.6 is 0 Å². The SMILES string of the molecule is CC(C)(C)OC(=O)N(Cc1cc(N)cc(CO)c1)C1CC1. The zero-order valence-electron chi connectivity index (χ0n) is 12.9. The van der Waals surface area contributed by atoms with E-state index < -0.39 is 5.60 Å². The Balaban J connectivity index is 2.13. The molecule has 1 fully saturated rings. The standard InChI is InChI=1S/C16H24N2O3/c1-16(2,3)21-15(20)18(14-4-5-14)9-11-6-12(10-19)8-13(17)7-11/h6-8,14,19H,4-5,9-10,17H2,1-3H3. The molecule has 5 heteroatoms. The molecular formula is C16H24N2O3. The average molecular weight is 292 g/mol. The fraction of sp³-hybridized carbons (Fsp3) is 0.562. The molecular weight excluding hydrogens is 268 g/mol. The molecule has 0 radical (unpaired) electrons. The van der Waals surface area contributed by atoms with E-state index in [1.165, 1.54) is 0 Å². The van der Waals surface area contributed by atoms with Crippen LogP contribution in [0.15, 0.2) is 18.2 Å². The predicted molar refractivity (Wildman–Crippen MR) is 81.6 cm³/mol. The highest BCUT2D eigenvalue weighted by Crippen LogP contribution is 2.30. The lowest BCUT2D eigenvalue weighted by molar-refractivity contribution is 0.0216. The number of carbonyl (C=O) groups excluding carboxylic acids is 1. The van der Waals surface area contributed by atoms with Crippen LogP contribution in [0.25, 0.3) is 0 Å². The van der Waals surface area contributed by atoms with E-state index in [4.69, 9.17) is 10.5 Å². The van der Waals surface area contributed by atoms with Gasteiger partial charge in [-0.15, -0.1) is 0 Å². The van der Waals surface area contributed by atoms with Gasteiger partial charge in [0.1, 0.15) is 5.60 Å². The van der Waals surface area contributed by atoms with Gasteiger partial charge >= 0.3 is 6.09 Å². The van der Waals surface area contributed by atoms with Crippen LogP contribution < -0.4 is 5.73 Å². The van der Waals surface area contributed by atoms with E-state index >= 15 is 0 Å². The minimum atomic E-state index is -0.504. The van der Waals surface area contributed by atoms with Gasteiger partial charge < -0.3 is 20.5 Å². The lowest BCUT2D eigenvalue weighted by Gasteiger charge is -2.27. The molecule has 0 saturated heterocycles. The Morgan fingerprint density at radius 2 is 1.95 bits per heavy atom. The molecule has 21 heavy (non-hydrogen) atoms. The summed E-state index contributed by atoms with van der Waals surface area (Å²) >= 11 is 0. The second-order valence-corrected chi connectivity index (χ2v) is 6.58. The van der Waals surface area contributed by atoms with Crippen LogP contribution in [0, 0.1) is 0 Å². The molecule has 1 aromatic rings. The van der Waals surface area contributed by atoms with Gasteiger partial charge in [0, 0.05) is 18.3 Å². The van der Waals surface area contributed by atoms with E-state index in [9.17, 15) is 9.90 Å². The molecule has 1 aromatic carbocycles. The number of aliphatic hydroxyl groups excluding tert-OH is 1. The van der Waals surface area contributed by atoms with Crippen LogP contribution in [0.4, 0.5) is 10.5 Å². The Bertz CT molecular complexity index is 519. The van der Waals surface area contributed by atoms with Gasteiger partial charge in [-0.2, -0.15) is 0 Å². The molecule has 116 valence electrons. The van der Waals surface area contributed by atoms with Gasteiger partial charge in [0.2, 0.25) is 0 Å². The highest BCUT2D eigenvalue weighted by molar-refractivity contribution is 5.69. The van der Waals surface area contributed by atoms with Crippen LogP contribution in [-0.4, -0.2) is 27.7 Å². The average Bonchev–Trinajstić information content (AvgIpc) is 3.17. The van der Waals surface area contributed by atoms with Crippen LogP contribution in [0.5, 0.6) is 0 Å². The van der Waals surface area contributed by atoms with Crippen molar-refractivity contribution in [3.63, 3.8) is 0 Å². The zero-order valence-corrected chi connectivity index (χ0v) is 12.9. The van der Waals surface area contributed by atoms with Crippen molar-refractivity contribution in [3.05, 3.63) is 29.3 Å². The van der Waals surface area contributed by atoms with Crippen LogP contribution in [0.3, 0.4) is 0 Å². The number of rotatable bonds is 4. The van der Waals surface area contributed by atoms with E-state index in [0.717, 1.165) is 24.0 Å². The molecule has 1 aliphatic rings. The van der Waals surface area contributed by atoms with E-state index in [0.29, 0.717) is 12.2 Å². The van der Waals surface area contributed by atoms with Crippen molar-refractivity contribution in [1.82, 2.24) is 4.90 Å². The lowest BCUT2D eigenvalue weighted by Crippen LogP contribution is -2.37. The maximum atomic E-state index is 12.3. The molecule has 1 amide bonds. The Morgan fingerprint density at radius 3 is 2.48 bits per heavy atom. The molecule has 5 nitrogen and oxygen atoms in total. The number of nitrogens with two attached hydrogens (primary N) is 1. The van der Waals surface area contributed by atoms with Crippen molar-refractivity contribution in [2.24, 2.45) is 0 Å². The lowest BCUT2D eigenvalue weighted by atomic mass is 10.1. The highest BCUT2D eigenvalue weighted by atomic mass is 16.6. The van der Waals surface area contributed by atoms with E-state index in [2.05, 4.69) is 0 Å². The van der Waals surface area contributed by atoms with Crippen molar-refractivity contribution in [2.75, 3.05) is 5.73 Å². The number of ether oxygens (including phenoxy) is 1. The Hall–Kier alpha value is -1.75. The molecule has 1 saturated carbocycles. The van der Waals surface area contributed by atoms with Crippen LogP contribution in [-0.2, 0) is 17.9 Å². The molecule has 0 aromatic heterocycles. The minimum absolute atomic E-state index is 0.0616. The first-order valence-electron chi connectivity index (χ1n) is 7.27. The number of aliphatic hydroxyl groups is 1. The summed E-state index contributed by atoms with van der Waals surface area (Å²) in [5, 5.41) is 9.24. The molecule has 3 N–H and O–H groups in total. The molecule has 0 atom stereocenters. The van der Waals surface area contributed by atoms with Gasteiger partial charge in [0.15, 0.2) is 0 Å². The maximum absolute atomic E-state index is 12.3. The summed E-state index contributed by atoms with van der Waals surface area (Å²) in [6.45, 7) is 5.98. The fourth-order valence-corrected chi connectivity index (χ4v) is 2.22. The number of hydrogen-bond acceptors (Lipinski definition) is 4. The Morgan fingerprint density at radius 1 is 1.33 bits per heavy atom. The summed E-state index contributed by atoms with van der Waals surface area (Å²) in [5.74, 6) is 0. The summed E-state index contributed by atoms with van der Waals surface area (Å²) in [4.78, 5) is 14.1. The molecule has 0 bridgehead atoms. The smallest absolute Gasteiger partial charge is 0.410 e.